The summed E-state index contributed by atoms with van der Waals surface area (Å²) in [6, 6.07) is 16.3. The van der Waals surface area contributed by atoms with Gasteiger partial charge in [-0.3, -0.25) is 23.5 Å². The van der Waals surface area contributed by atoms with Crippen molar-refractivity contribution in [1.82, 2.24) is 19.1 Å². The third kappa shape index (κ3) is 4.89. The minimum absolute atomic E-state index is 0.0558. The molecular formula is C26H29N6O4+. The first-order valence-electron chi connectivity index (χ1n) is 11.9. The van der Waals surface area contributed by atoms with Gasteiger partial charge in [-0.25, -0.2) is 9.78 Å². The maximum atomic E-state index is 13.4. The molecule has 4 N–H and O–H groups in total. The van der Waals surface area contributed by atoms with Crippen LogP contribution in [0.15, 0.2) is 69.0 Å². The fraction of sp³-hybridized carbons (Fsp3) is 0.269. The summed E-state index contributed by atoms with van der Waals surface area (Å²) in [5.41, 5.74) is 5.96. The number of nitrogens with two attached hydrogens (primary N) is 1. The molecule has 2 heterocycles. The van der Waals surface area contributed by atoms with Crippen molar-refractivity contribution in [2.45, 2.75) is 33.5 Å². The van der Waals surface area contributed by atoms with Gasteiger partial charge >= 0.3 is 5.69 Å². The number of Topliss-reactive ketones (excluding diaryl/α,β-unsaturated/α-hetero) is 1. The molecule has 0 saturated carbocycles. The van der Waals surface area contributed by atoms with Crippen molar-refractivity contribution in [1.29, 1.82) is 0 Å². The molecule has 10 heteroatoms. The molecule has 1 atom stereocenters. The van der Waals surface area contributed by atoms with Gasteiger partial charge in [0.25, 0.3) is 11.1 Å². The number of hydrogen-bond acceptors (Lipinski definition) is 6. The van der Waals surface area contributed by atoms with E-state index in [-0.39, 0.29) is 43.1 Å². The number of carbonyl (C=O) groups excluding carboxylic acids is 1. The van der Waals surface area contributed by atoms with E-state index in [2.05, 4.69) is 9.97 Å². The van der Waals surface area contributed by atoms with Crippen molar-refractivity contribution in [2.24, 2.45) is 0 Å². The number of fused-ring (bicyclic) bond motifs is 1. The van der Waals surface area contributed by atoms with Crippen molar-refractivity contribution in [3.8, 4) is 0 Å². The smallest absolute Gasteiger partial charge is 0.332 e. The minimum atomic E-state index is -0.693. The van der Waals surface area contributed by atoms with E-state index in [0.29, 0.717) is 23.3 Å². The molecule has 0 radical (unpaired) electrons. The Kier molecular flexibility index (Phi) is 7.25. The molecule has 186 valence electrons. The molecule has 10 nitrogen and oxygen atoms in total. The number of aromatic amines is 1. The predicted octanol–water partition coefficient (Wildman–Crippen LogP) is 0.185. The van der Waals surface area contributed by atoms with Crippen LogP contribution in [0.3, 0.4) is 0 Å². The Morgan fingerprint density at radius 1 is 1.00 bits per heavy atom. The van der Waals surface area contributed by atoms with Crippen LogP contribution in [-0.2, 0) is 19.6 Å². The lowest BCUT2D eigenvalue weighted by Gasteiger charge is -2.19. The number of aromatic nitrogens is 4. The number of nitrogens with zero attached hydrogens (tertiary/aromatic N) is 3. The molecule has 0 spiro atoms. The summed E-state index contributed by atoms with van der Waals surface area (Å²) in [6.07, 6.45) is 0. The molecule has 36 heavy (non-hydrogen) atoms. The molecule has 1 unspecified atom stereocenters. The Bertz CT molecular complexity index is 1590. The van der Waals surface area contributed by atoms with Crippen molar-refractivity contribution in [2.75, 3.05) is 18.8 Å². The van der Waals surface area contributed by atoms with Crippen molar-refractivity contribution < 1.29 is 9.69 Å². The van der Waals surface area contributed by atoms with Gasteiger partial charge in [0, 0.05) is 6.54 Å². The van der Waals surface area contributed by atoms with Crippen LogP contribution in [0.5, 0.6) is 0 Å². The van der Waals surface area contributed by atoms with Crippen LogP contribution in [0.25, 0.3) is 10.9 Å². The quantitative estimate of drug-likeness (QED) is 0.287. The molecule has 0 aliphatic heterocycles. The number of rotatable bonds is 9. The largest absolute Gasteiger partial charge is 0.384 e. The van der Waals surface area contributed by atoms with Crippen LogP contribution in [0.1, 0.15) is 35.6 Å². The van der Waals surface area contributed by atoms with Gasteiger partial charge in [0.15, 0.2) is 5.82 Å². The molecule has 0 fully saturated rings. The van der Waals surface area contributed by atoms with Crippen LogP contribution < -0.4 is 27.4 Å². The second-order valence-electron chi connectivity index (χ2n) is 8.57. The average Bonchev–Trinajstić information content (AvgIpc) is 2.87. The van der Waals surface area contributed by atoms with Crippen LogP contribution in [0, 0.1) is 0 Å². The fourth-order valence-electron chi connectivity index (χ4n) is 4.26. The highest BCUT2D eigenvalue weighted by Crippen LogP contribution is 2.09. The zero-order valence-electron chi connectivity index (χ0n) is 20.3. The number of nitrogens with one attached hydrogen (secondary N) is 2. The van der Waals surface area contributed by atoms with Crippen molar-refractivity contribution in [3.63, 3.8) is 0 Å². The Hall–Kier alpha value is -4.31. The normalized spacial score (nSPS) is 12.1. The Morgan fingerprint density at radius 2 is 1.69 bits per heavy atom. The lowest BCUT2D eigenvalue weighted by molar-refractivity contribution is -0.904. The standard InChI is InChI=1S/C26H28N6O4/c1-3-30(16-21-28-19-13-9-8-12-18(19)24(34)29-21)15-20(33)22-23(27)32(14-17-10-6-5-7-11-17)26(36)31(4-2)25(22)35/h5-13H,3-4,14-16,27H2,1-2H3,(H,28,29,34)/p+1. The van der Waals surface area contributed by atoms with Crippen LogP contribution in [0.2, 0.25) is 0 Å². The Labute approximate surface area is 206 Å². The Balaban J connectivity index is 1.66. The number of carbonyl (C=O) groups is 1. The van der Waals surface area contributed by atoms with E-state index in [1.165, 1.54) is 4.57 Å². The first-order valence-corrected chi connectivity index (χ1v) is 11.9. The van der Waals surface area contributed by atoms with Crippen molar-refractivity contribution >= 4 is 22.5 Å². The van der Waals surface area contributed by atoms with Gasteiger partial charge in [-0.05, 0) is 31.5 Å². The highest BCUT2D eigenvalue weighted by Gasteiger charge is 2.26. The predicted molar refractivity (Wildman–Crippen MR) is 137 cm³/mol. The molecule has 0 saturated heterocycles. The van der Waals surface area contributed by atoms with Crippen LogP contribution in [-0.4, -0.2) is 38.0 Å². The van der Waals surface area contributed by atoms with Gasteiger partial charge in [-0.1, -0.05) is 42.5 Å². The first-order chi connectivity index (χ1) is 17.3. The molecule has 2 aromatic carbocycles. The number of likely N-dealkylation sites (N-methyl/N-ethyl adjacent to an activating group) is 1. The van der Waals surface area contributed by atoms with E-state index in [9.17, 15) is 19.2 Å². The van der Waals surface area contributed by atoms with Crippen LogP contribution >= 0.6 is 0 Å². The molecule has 0 aliphatic carbocycles. The molecule has 4 aromatic rings. The van der Waals surface area contributed by atoms with Gasteiger partial charge in [0.05, 0.1) is 24.0 Å². The van der Waals surface area contributed by atoms with E-state index in [0.717, 1.165) is 15.0 Å². The zero-order chi connectivity index (χ0) is 25.8. The number of para-hydroxylation sites is 1. The number of nitrogen functional groups attached to an aromatic ring is 1. The monoisotopic (exact) mass is 489 g/mol. The third-order valence-corrected chi connectivity index (χ3v) is 6.24. The summed E-state index contributed by atoms with van der Waals surface area (Å²) < 4.78 is 2.29. The summed E-state index contributed by atoms with van der Waals surface area (Å²) in [5.74, 6) is -0.172. The van der Waals surface area contributed by atoms with Gasteiger partial charge in [-0.15, -0.1) is 0 Å². The molecule has 4 rings (SSSR count). The number of H-pyrrole nitrogens is 1. The second kappa shape index (κ2) is 10.5. The summed E-state index contributed by atoms with van der Waals surface area (Å²) in [5, 5.41) is 0.490. The summed E-state index contributed by atoms with van der Waals surface area (Å²) >= 11 is 0. The fourth-order valence-corrected chi connectivity index (χ4v) is 4.26. The topological polar surface area (TPSA) is 137 Å². The van der Waals surface area contributed by atoms with Crippen LogP contribution in [0.4, 0.5) is 5.82 Å². The Morgan fingerprint density at radius 3 is 2.39 bits per heavy atom. The highest BCUT2D eigenvalue weighted by molar-refractivity contribution is 6.00. The maximum absolute atomic E-state index is 13.4. The molecular weight excluding hydrogens is 460 g/mol. The van der Waals surface area contributed by atoms with E-state index in [1.807, 2.05) is 37.3 Å². The zero-order valence-corrected chi connectivity index (χ0v) is 20.3. The second-order valence-corrected chi connectivity index (χ2v) is 8.57. The number of ketones is 1. The third-order valence-electron chi connectivity index (χ3n) is 6.24. The molecule has 0 amide bonds. The summed E-state index contributed by atoms with van der Waals surface area (Å²) in [6.45, 7) is 4.57. The lowest BCUT2D eigenvalue weighted by Crippen LogP contribution is -3.11. The van der Waals surface area contributed by atoms with Gasteiger partial charge in [-0.2, -0.15) is 0 Å². The maximum Gasteiger partial charge on any atom is 0.332 e. The van der Waals surface area contributed by atoms with E-state index in [1.54, 1.807) is 31.2 Å². The van der Waals surface area contributed by atoms with E-state index < -0.39 is 17.0 Å². The minimum Gasteiger partial charge on any atom is -0.384 e. The lowest BCUT2D eigenvalue weighted by atomic mass is 10.1. The van der Waals surface area contributed by atoms with Gasteiger partial charge in [0.2, 0.25) is 5.78 Å². The molecule has 0 bridgehead atoms. The van der Waals surface area contributed by atoms with Crippen molar-refractivity contribution in [3.05, 3.63) is 103 Å². The molecule has 0 aliphatic rings. The SMILES string of the molecule is CCn1c(=O)c(C(=O)C[NH+](CC)Cc2nc3ccccc3c(=O)[nH]2)c(N)n(Cc2ccccc2)c1=O. The first kappa shape index (κ1) is 24.8. The summed E-state index contributed by atoms with van der Waals surface area (Å²) in [4.78, 5) is 59.9. The molecule has 2 aromatic heterocycles. The average molecular weight is 490 g/mol. The number of anilines is 1. The number of quaternary nitrogens is 1. The summed E-state index contributed by atoms with van der Waals surface area (Å²) in [7, 11) is 0. The highest BCUT2D eigenvalue weighted by atomic mass is 16.2. The number of benzene rings is 2. The van der Waals surface area contributed by atoms with E-state index >= 15 is 0 Å². The number of hydrogen-bond donors (Lipinski definition) is 3. The van der Waals surface area contributed by atoms with E-state index in [4.69, 9.17) is 5.73 Å². The van der Waals surface area contributed by atoms with Gasteiger partial charge < -0.3 is 15.6 Å². The van der Waals surface area contributed by atoms with Gasteiger partial charge in [0.1, 0.15) is 24.5 Å².